The molecule has 0 fully saturated rings. The van der Waals surface area contributed by atoms with Crippen molar-refractivity contribution in [3.8, 4) is 0 Å². The summed E-state index contributed by atoms with van der Waals surface area (Å²) in [5, 5.41) is 0. The first-order valence-electron chi connectivity index (χ1n) is 6.40. The molecule has 0 bridgehead atoms. The summed E-state index contributed by atoms with van der Waals surface area (Å²) in [7, 11) is -3.74. The number of hydrogen-bond donors (Lipinski definition) is 0. The molecule has 0 aliphatic rings. The van der Waals surface area contributed by atoms with E-state index in [4.69, 9.17) is 0 Å². The average molecular weight is 372 g/mol. The number of hydrogen-bond acceptors (Lipinski definition) is 2. The van der Waals surface area contributed by atoms with Gasteiger partial charge in [0.25, 0.3) is 10.0 Å². The Labute approximate surface area is 132 Å². The van der Waals surface area contributed by atoms with Crippen LogP contribution in [0.5, 0.6) is 0 Å². The lowest BCUT2D eigenvalue weighted by molar-refractivity contribution is 0.590. The average Bonchev–Trinajstić information content (AvgIpc) is 2.41. The summed E-state index contributed by atoms with van der Waals surface area (Å²) in [5.41, 5.74) is 1.63. The van der Waals surface area contributed by atoms with Crippen molar-refractivity contribution in [2.75, 3.05) is 10.8 Å². The summed E-state index contributed by atoms with van der Waals surface area (Å²) in [4.78, 5) is 0.0475. The maximum atomic E-state index is 13.1. The van der Waals surface area contributed by atoms with Gasteiger partial charge in [-0.05, 0) is 60.1 Å². The van der Waals surface area contributed by atoms with E-state index >= 15 is 0 Å². The summed E-state index contributed by atoms with van der Waals surface area (Å²) < 4.78 is 40.2. The van der Waals surface area contributed by atoms with Crippen molar-refractivity contribution in [1.82, 2.24) is 0 Å². The first-order chi connectivity index (χ1) is 9.86. The highest BCUT2D eigenvalue weighted by Gasteiger charge is 2.25. The fourth-order valence-electron chi connectivity index (χ4n) is 2.01. The third-order valence-electron chi connectivity index (χ3n) is 3.07. The molecule has 2 rings (SSSR count). The van der Waals surface area contributed by atoms with Crippen LogP contribution in [-0.4, -0.2) is 15.0 Å². The van der Waals surface area contributed by atoms with E-state index in [2.05, 4.69) is 15.9 Å². The van der Waals surface area contributed by atoms with Crippen molar-refractivity contribution in [2.45, 2.75) is 18.7 Å². The van der Waals surface area contributed by atoms with Gasteiger partial charge in [0.15, 0.2) is 0 Å². The van der Waals surface area contributed by atoms with Crippen molar-refractivity contribution < 1.29 is 12.8 Å². The van der Waals surface area contributed by atoms with Crippen LogP contribution >= 0.6 is 15.9 Å². The molecule has 112 valence electrons. The summed E-state index contributed by atoms with van der Waals surface area (Å²) in [6, 6.07) is 10.8. The van der Waals surface area contributed by atoms with E-state index in [1.54, 1.807) is 19.1 Å². The molecule has 2 aromatic carbocycles. The molecule has 3 nitrogen and oxygen atoms in total. The molecule has 0 aliphatic heterocycles. The van der Waals surface area contributed by atoms with Gasteiger partial charge in [-0.2, -0.15) is 0 Å². The van der Waals surface area contributed by atoms with Gasteiger partial charge in [-0.3, -0.25) is 4.31 Å². The van der Waals surface area contributed by atoms with Gasteiger partial charge in [0.05, 0.1) is 5.69 Å². The van der Waals surface area contributed by atoms with Gasteiger partial charge < -0.3 is 0 Å². The molecular formula is C15H15BrFNO2S. The van der Waals surface area contributed by atoms with Gasteiger partial charge in [0.1, 0.15) is 10.7 Å². The van der Waals surface area contributed by atoms with Crippen LogP contribution in [-0.2, 0) is 10.0 Å². The second kappa shape index (κ2) is 6.15. The number of sulfonamides is 1. The largest absolute Gasteiger partial charge is 0.267 e. The van der Waals surface area contributed by atoms with Crippen LogP contribution in [0.2, 0.25) is 0 Å². The second-order valence-electron chi connectivity index (χ2n) is 4.58. The van der Waals surface area contributed by atoms with Crippen LogP contribution < -0.4 is 4.31 Å². The van der Waals surface area contributed by atoms with Crippen LogP contribution in [0.25, 0.3) is 0 Å². The Hall–Kier alpha value is -1.40. The molecule has 0 N–H and O–H groups in total. The Bertz CT molecular complexity index is 745. The Kier molecular flexibility index (Phi) is 4.68. The van der Waals surface area contributed by atoms with Crippen molar-refractivity contribution in [1.29, 1.82) is 0 Å². The number of benzene rings is 2. The van der Waals surface area contributed by atoms with Gasteiger partial charge in [-0.25, -0.2) is 12.8 Å². The smallest absolute Gasteiger partial charge is 0.265 e. The minimum absolute atomic E-state index is 0.0475. The van der Waals surface area contributed by atoms with E-state index in [1.807, 2.05) is 19.1 Å². The standard InChI is InChI=1S/C15H15BrFNO2S/c1-3-18(13-7-4-11(2)5-8-13)21(19,20)15-9-6-12(17)10-14(15)16/h4-10H,3H2,1-2H3. The van der Waals surface area contributed by atoms with E-state index in [0.717, 1.165) is 17.7 Å². The maximum Gasteiger partial charge on any atom is 0.265 e. The number of anilines is 1. The molecule has 0 radical (unpaired) electrons. The highest BCUT2D eigenvalue weighted by molar-refractivity contribution is 9.10. The molecule has 21 heavy (non-hydrogen) atoms. The van der Waals surface area contributed by atoms with Gasteiger partial charge in [0.2, 0.25) is 0 Å². The van der Waals surface area contributed by atoms with Crippen LogP contribution in [0.4, 0.5) is 10.1 Å². The Morgan fingerprint density at radius 2 is 1.76 bits per heavy atom. The van der Waals surface area contributed by atoms with E-state index < -0.39 is 15.8 Å². The fraction of sp³-hybridized carbons (Fsp3) is 0.200. The zero-order valence-corrected chi connectivity index (χ0v) is 14.1. The molecule has 0 heterocycles. The zero-order valence-electron chi connectivity index (χ0n) is 11.7. The predicted molar refractivity (Wildman–Crippen MR) is 85.5 cm³/mol. The number of nitrogens with zero attached hydrogens (tertiary/aromatic N) is 1. The lowest BCUT2D eigenvalue weighted by Gasteiger charge is -2.23. The van der Waals surface area contributed by atoms with E-state index in [0.29, 0.717) is 5.69 Å². The Morgan fingerprint density at radius 3 is 2.29 bits per heavy atom. The highest BCUT2D eigenvalue weighted by Crippen LogP contribution is 2.29. The van der Waals surface area contributed by atoms with Gasteiger partial charge in [-0.1, -0.05) is 17.7 Å². The molecule has 0 aromatic heterocycles. The topological polar surface area (TPSA) is 37.4 Å². The summed E-state index contributed by atoms with van der Waals surface area (Å²) in [6.07, 6.45) is 0. The number of aryl methyl sites for hydroxylation is 1. The van der Waals surface area contributed by atoms with Gasteiger partial charge >= 0.3 is 0 Å². The third-order valence-corrected chi connectivity index (χ3v) is 5.95. The Morgan fingerprint density at radius 1 is 1.14 bits per heavy atom. The minimum Gasteiger partial charge on any atom is -0.267 e. The van der Waals surface area contributed by atoms with Crippen molar-refractivity contribution in [3.05, 3.63) is 58.3 Å². The van der Waals surface area contributed by atoms with Crippen LogP contribution in [0, 0.1) is 12.7 Å². The first-order valence-corrected chi connectivity index (χ1v) is 8.64. The van der Waals surface area contributed by atoms with E-state index in [9.17, 15) is 12.8 Å². The highest BCUT2D eigenvalue weighted by atomic mass is 79.9. The van der Waals surface area contributed by atoms with Gasteiger partial charge in [-0.15, -0.1) is 0 Å². The van der Waals surface area contributed by atoms with Crippen LogP contribution in [0.3, 0.4) is 0 Å². The van der Waals surface area contributed by atoms with Crippen molar-refractivity contribution >= 4 is 31.6 Å². The molecule has 0 amide bonds. The quantitative estimate of drug-likeness (QED) is 0.810. The summed E-state index contributed by atoms with van der Waals surface area (Å²) in [5.74, 6) is -0.487. The lowest BCUT2D eigenvalue weighted by Crippen LogP contribution is -2.31. The summed E-state index contributed by atoms with van der Waals surface area (Å²) >= 11 is 3.12. The number of rotatable bonds is 4. The summed E-state index contributed by atoms with van der Waals surface area (Å²) in [6.45, 7) is 3.98. The fourth-order valence-corrected chi connectivity index (χ4v) is 4.49. The minimum atomic E-state index is -3.74. The molecular weight excluding hydrogens is 357 g/mol. The maximum absolute atomic E-state index is 13.1. The predicted octanol–water partition coefficient (Wildman–Crippen LogP) is 4.11. The molecule has 6 heteroatoms. The lowest BCUT2D eigenvalue weighted by atomic mass is 10.2. The molecule has 0 spiro atoms. The molecule has 0 saturated carbocycles. The Balaban J connectivity index is 2.51. The molecule has 0 atom stereocenters. The SMILES string of the molecule is CCN(c1ccc(C)cc1)S(=O)(=O)c1ccc(F)cc1Br. The first kappa shape index (κ1) is 16.0. The molecule has 2 aromatic rings. The molecule has 0 unspecified atom stereocenters. The van der Waals surface area contributed by atoms with Crippen molar-refractivity contribution in [3.63, 3.8) is 0 Å². The van der Waals surface area contributed by atoms with E-state index in [-0.39, 0.29) is 15.9 Å². The molecule has 0 saturated heterocycles. The third kappa shape index (κ3) is 3.27. The normalized spacial score (nSPS) is 11.4. The van der Waals surface area contributed by atoms with Gasteiger partial charge in [0, 0.05) is 11.0 Å². The van der Waals surface area contributed by atoms with Crippen molar-refractivity contribution in [2.24, 2.45) is 0 Å². The molecule has 0 aliphatic carbocycles. The van der Waals surface area contributed by atoms with Crippen LogP contribution in [0.1, 0.15) is 12.5 Å². The monoisotopic (exact) mass is 371 g/mol. The zero-order chi connectivity index (χ0) is 15.6. The second-order valence-corrected chi connectivity index (χ2v) is 7.27. The number of halogens is 2. The van der Waals surface area contributed by atoms with E-state index in [1.165, 1.54) is 10.4 Å². The van der Waals surface area contributed by atoms with Crippen LogP contribution in [0.15, 0.2) is 51.8 Å².